The van der Waals surface area contributed by atoms with Crippen molar-refractivity contribution in [1.29, 1.82) is 0 Å². The van der Waals surface area contributed by atoms with Crippen molar-refractivity contribution in [1.82, 2.24) is 10.3 Å². The van der Waals surface area contributed by atoms with E-state index in [0.717, 1.165) is 23.6 Å². The van der Waals surface area contributed by atoms with Gasteiger partial charge in [-0.3, -0.25) is 4.79 Å². The van der Waals surface area contributed by atoms with Gasteiger partial charge in [-0.25, -0.2) is 4.98 Å². The second-order valence-corrected chi connectivity index (χ2v) is 6.62. The minimum absolute atomic E-state index is 0.0756. The average Bonchev–Trinajstić information content (AvgIpc) is 2.26. The van der Waals surface area contributed by atoms with Crippen molar-refractivity contribution >= 4 is 17.7 Å². The number of aromatic nitrogens is 1. The Morgan fingerprint density at radius 1 is 1.39 bits per heavy atom. The van der Waals surface area contributed by atoms with Crippen LogP contribution in [0.4, 0.5) is 0 Å². The summed E-state index contributed by atoms with van der Waals surface area (Å²) >= 11 is 1.47. The Kier molecular flexibility index (Phi) is 5.66. The zero-order valence-corrected chi connectivity index (χ0v) is 12.4. The van der Waals surface area contributed by atoms with Crippen LogP contribution in [0.1, 0.15) is 32.8 Å². The second kappa shape index (κ2) is 6.78. The van der Waals surface area contributed by atoms with Crippen LogP contribution in [0, 0.1) is 12.3 Å². The van der Waals surface area contributed by atoms with E-state index in [1.807, 2.05) is 25.3 Å². The highest BCUT2D eigenvalue weighted by molar-refractivity contribution is 7.99. The molecule has 0 saturated heterocycles. The summed E-state index contributed by atoms with van der Waals surface area (Å²) in [5.41, 5.74) is 1.40. The van der Waals surface area contributed by atoms with Crippen molar-refractivity contribution in [3.63, 3.8) is 0 Å². The van der Waals surface area contributed by atoms with Gasteiger partial charge >= 0.3 is 0 Å². The normalized spacial score (nSPS) is 11.3. The third-order valence-corrected chi connectivity index (χ3v) is 3.38. The molecule has 1 aromatic heterocycles. The van der Waals surface area contributed by atoms with E-state index >= 15 is 0 Å². The first-order valence-electron chi connectivity index (χ1n) is 6.19. The molecule has 18 heavy (non-hydrogen) atoms. The molecule has 1 aromatic rings. The molecule has 3 nitrogen and oxygen atoms in total. The molecule has 1 amide bonds. The Hall–Kier alpha value is -1.03. The highest BCUT2D eigenvalue weighted by Crippen LogP contribution is 2.17. The van der Waals surface area contributed by atoms with E-state index in [1.54, 1.807) is 0 Å². The summed E-state index contributed by atoms with van der Waals surface area (Å²) in [7, 11) is 0. The zero-order valence-electron chi connectivity index (χ0n) is 11.6. The smallest absolute Gasteiger partial charge is 0.230 e. The van der Waals surface area contributed by atoms with Crippen LogP contribution in [0.2, 0.25) is 0 Å². The SMILES string of the molecule is Cc1ccc(SCC(=O)NCCC(C)(C)C)nc1. The minimum Gasteiger partial charge on any atom is -0.355 e. The molecule has 0 spiro atoms. The molecule has 0 atom stereocenters. The molecule has 4 heteroatoms. The van der Waals surface area contributed by atoms with Crippen LogP contribution >= 0.6 is 11.8 Å². The van der Waals surface area contributed by atoms with Crippen molar-refractivity contribution in [3.05, 3.63) is 23.9 Å². The van der Waals surface area contributed by atoms with Gasteiger partial charge in [-0.1, -0.05) is 38.6 Å². The number of nitrogens with one attached hydrogen (secondary N) is 1. The molecule has 1 rings (SSSR count). The lowest BCUT2D eigenvalue weighted by Crippen LogP contribution is -2.28. The maximum absolute atomic E-state index is 11.6. The van der Waals surface area contributed by atoms with Crippen LogP contribution in [0.5, 0.6) is 0 Å². The van der Waals surface area contributed by atoms with E-state index in [2.05, 4.69) is 31.1 Å². The summed E-state index contributed by atoms with van der Waals surface area (Å²) in [5, 5.41) is 3.83. The van der Waals surface area contributed by atoms with E-state index < -0.39 is 0 Å². The van der Waals surface area contributed by atoms with Gasteiger partial charge in [0.25, 0.3) is 0 Å². The molecule has 1 heterocycles. The Morgan fingerprint density at radius 2 is 2.11 bits per heavy atom. The first-order chi connectivity index (χ1) is 8.37. The average molecular weight is 266 g/mol. The van der Waals surface area contributed by atoms with Gasteiger partial charge in [-0.05, 0) is 30.4 Å². The van der Waals surface area contributed by atoms with Gasteiger partial charge in [-0.15, -0.1) is 0 Å². The fraction of sp³-hybridized carbons (Fsp3) is 0.571. The Bertz CT molecular complexity index is 382. The zero-order chi connectivity index (χ0) is 13.6. The fourth-order valence-electron chi connectivity index (χ4n) is 1.31. The number of thioether (sulfide) groups is 1. The summed E-state index contributed by atoms with van der Waals surface area (Å²) in [4.78, 5) is 15.9. The topological polar surface area (TPSA) is 42.0 Å². The molecule has 0 aromatic carbocycles. The molecular weight excluding hydrogens is 244 g/mol. The molecular formula is C14H22N2OS. The minimum atomic E-state index is 0.0756. The van der Waals surface area contributed by atoms with Gasteiger partial charge in [0.15, 0.2) is 0 Å². The number of pyridine rings is 1. The molecule has 0 aliphatic carbocycles. The molecule has 1 N–H and O–H groups in total. The molecule has 0 aliphatic heterocycles. The fourth-order valence-corrected chi connectivity index (χ4v) is 1.98. The maximum atomic E-state index is 11.6. The van der Waals surface area contributed by atoms with Crippen LogP contribution < -0.4 is 5.32 Å². The predicted molar refractivity (Wildman–Crippen MR) is 76.8 cm³/mol. The number of rotatable bonds is 5. The first-order valence-corrected chi connectivity index (χ1v) is 7.17. The van der Waals surface area contributed by atoms with Gasteiger partial charge in [0.2, 0.25) is 5.91 Å². The largest absolute Gasteiger partial charge is 0.355 e. The van der Waals surface area contributed by atoms with E-state index in [0.29, 0.717) is 5.75 Å². The number of amides is 1. The summed E-state index contributed by atoms with van der Waals surface area (Å²) in [6.07, 6.45) is 2.81. The maximum Gasteiger partial charge on any atom is 0.230 e. The lowest BCUT2D eigenvalue weighted by molar-refractivity contribution is -0.118. The molecule has 0 radical (unpaired) electrons. The number of hydrogen-bond acceptors (Lipinski definition) is 3. The Balaban J connectivity index is 2.23. The summed E-state index contributed by atoms with van der Waals surface area (Å²) in [6.45, 7) is 9.25. The number of hydrogen-bond donors (Lipinski definition) is 1. The Labute approximate surface area is 114 Å². The van der Waals surface area contributed by atoms with E-state index in [-0.39, 0.29) is 11.3 Å². The van der Waals surface area contributed by atoms with Gasteiger partial charge in [-0.2, -0.15) is 0 Å². The lowest BCUT2D eigenvalue weighted by atomic mass is 9.92. The van der Waals surface area contributed by atoms with Gasteiger partial charge < -0.3 is 5.32 Å². The summed E-state index contributed by atoms with van der Waals surface area (Å²) in [5.74, 6) is 0.506. The summed E-state index contributed by atoms with van der Waals surface area (Å²) < 4.78 is 0. The second-order valence-electron chi connectivity index (χ2n) is 5.62. The molecule has 0 unspecified atom stereocenters. The van der Waals surface area contributed by atoms with Crippen LogP contribution in [-0.2, 0) is 4.79 Å². The highest BCUT2D eigenvalue weighted by atomic mass is 32.2. The van der Waals surface area contributed by atoms with Crippen LogP contribution in [0.25, 0.3) is 0 Å². The molecule has 0 saturated carbocycles. The van der Waals surface area contributed by atoms with Crippen LogP contribution in [-0.4, -0.2) is 23.2 Å². The third kappa shape index (κ3) is 6.64. The predicted octanol–water partition coefficient (Wildman–Crippen LogP) is 3.03. The van der Waals surface area contributed by atoms with Crippen molar-refractivity contribution in [3.8, 4) is 0 Å². The van der Waals surface area contributed by atoms with Gasteiger partial charge in [0, 0.05) is 12.7 Å². The summed E-state index contributed by atoms with van der Waals surface area (Å²) in [6, 6.07) is 3.95. The third-order valence-electron chi connectivity index (χ3n) is 2.43. The monoisotopic (exact) mass is 266 g/mol. The van der Waals surface area contributed by atoms with Crippen molar-refractivity contribution < 1.29 is 4.79 Å². The number of carbonyl (C=O) groups is 1. The van der Waals surface area contributed by atoms with E-state index in [1.165, 1.54) is 11.8 Å². The number of nitrogens with zero attached hydrogens (tertiary/aromatic N) is 1. The van der Waals surface area contributed by atoms with Crippen LogP contribution in [0.15, 0.2) is 23.4 Å². The standard InChI is InChI=1S/C14H22N2OS/c1-11-5-6-13(16-9-11)18-10-12(17)15-8-7-14(2,3)4/h5-6,9H,7-8,10H2,1-4H3,(H,15,17). The van der Waals surface area contributed by atoms with Crippen LogP contribution in [0.3, 0.4) is 0 Å². The molecule has 100 valence electrons. The number of aryl methyl sites for hydroxylation is 1. The molecule has 0 bridgehead atoms. The quantitative estimate of drug-likeness (QED) is 0.833. The highest BCUT2D eigenvalue weighted by Gasteiger charge is 2.10. The van der Waals surface area contributed by atoms with Crippen molar-refractivity contribution in [2.24, 2.45) is 5.41 Å². The lowest BCUT2D eigenvalue weighted by Gasteiger charge is -2.17. The first kappa shape index (κ1) is 15.0. The molecule has 0 aliphatic rings. The van der Waals surface area contributed by atoms with Crippen molar-refractivity contribution in [2.75, 3.05) is 12.3 Å². The molecule has 0 fully saturated rings. The van der Waals surface area contributed by atoms with Gasteiger partial charge in [0.05, 0.1) is 10.8 Å². The number of carbonyl (C=O) groups excluding carboxylic acids is 1. The van der Waals surface area contributed by atoms with Gasteiger partial charge in [0.1, 0.15) is 0 Å². The Morgan fingerprint density at radius 3 is 2.67 bits per heavy atom. The van der Waals surface area contributed by atoms with E-state index in [9.17, 15) is 4.79 Å². The van der Waals surface area contributed by atoms with E-state index in [4.69, 9.17) is 0 Å². The van der Waals surface area contributed by atoms with Crippen molar-refractivity contribution in [2.45, 2.75) is 39.1 Å².